The zero-order chi connectivity index (χ0) is 13.5. The van der Waals surface area contributed by atoms with Crippen LogP contribution in [-0.4, -0.2) is 30.4 Å². The molecule has 1 rings (SSSR count). The minimum absolute atomic E-state index is 0.0788. The van der Waals surface area contributed by atoms with E-state index in [1.54, 1.807) is 11.0 Å². The molecule has 0 heterocycles. The average molecular weight is 273 g/mol. The van der Waals surface area contributed by atoms with E-state index in [9.17, 15) is 9.18 Å². The Morgan fingerprint density at radius 1 is 1.39 bits per heavy atom. The Bertz CT molecular complexity index is 408. The summed E-state index contributed by atoms with van der Waals surface area (Å²) in [6.07, 6.45) is 0.413. The molecule has 100 valence electrons. The van der Waals surface area contributed by atoms with Crippen LogP contribution in [0.15, 0.2) is 18.2 Å². The molecular weight excluding hydrogens is 255 g/mol. The highest BCUT2D eigenvalue weighted by atomic mass is 35.5. The standard InChI is InChI=1S/C13H18ClFN2O/c1-3-17(4-2)13(18)7-8-16-10-5-6-12(15)11(14)9-10/h5-6,9,16H,3-4,7-8H2,1-2H3. The molecule has 0 saturated carbocycles. The molecule has 0 radical (unpaired) electrons. The van der Waals surface area contributed by atoms with Crippen LogP contribution < -0.4 is 5.32 Å². The zero-order valence-electron chi connectivity index (χ0n) is 10.7. The number of nitrogens with zero attached hydrogens (tertiary/aromatic N) is 1. The Morgan fingerprint density at radius 3 is 2.61 bits per heavy atom. The Morgan fingerprint density at radius 2 is 2.06 bits per heavy atom. The lowest BCUT2D eigenvalue weighted by Gasteiger charge is -2.18. The number of anilines is 1. The normalized spacial score (nSPS) is 10.2. The number of amides is 1. The topological polar surface area (TPSA) is 32.3 Å². The lowest BCUT2D eigenvalue weighted by atomic mass is 10.3. The molecule has 0 fully saturated rings. The molecule has 18 heavy (non-hydrogen) atoms. The number of benzene rings is 1. The number of halogens is 2. The number of carbonyl (C=O) groups excluding carboxylic acids is 1. The van der Waals surface area contributed by atoms with Crippen LogP contribution in [0.1, 0.15) is 20.3 Å². The summed E-state index contributed by atoms with van der Waals surface area (Å²) in [4.78, 5) is 13.5. The van der Waals surface area contributed by atoms with Crippen molar-refractivity contribution < 1.29 is 9.18 Å². The van der Waals surface area contributed by atoms with Crippen LogP contribution in [0, 0.1) is 5.82 Å². The monoisotopic (exact) mass is 272 g/mol. The lowest BCUT2D eigenvalue weighted by Crippen LogP contribution is -2.31. The summed E-state index contributed by atoms with van der Waals surface area (Å²) in [6, 6.07) is 4.42. The second-order valence-electron chi connectivity index (χ2n) is 3.87. The van der Waals surface area contributed by atoms with Gasteiger partial charge in [0.25, 0.3) is 0 Å². The molecule has 0 bridgehead atoms. The van der Waals surface area contributed by atoms with Gasteiger partial charge in [-0.25, -0.2) is 4.39 Å². The van der Waals surface area contributed by atoms with Crippen LogP contribution in [0.25, 0.3) is 0 Å². The van der Waals surface area contributed by atoms with Gasteiger partial charge in [0.2, 0.25) is 5.91 Å². The van der Waals surface area contributed by atoms with E-state index in [1.807, 2.05) is 13.8 Å². The van der Waals surface area contributed by atoms with Crippen molar-refractivity contribution >= 4 is 23.2 Å². The molecule has 0 aliphatic carbocycles. The van der Waals surface area contributed by atoms with Crippen LogP contribution in [-0.2, 0) is 4.79 Å². The van der Waals surface area contributed by atoms with Crippen LogP contribution in [0.2, 0.25) is 5.02 Å². The molecule has 1 aromatic rings. The summed E-state index contributed by atoms with van der Waals surface area (Å²) in [5.74, 6) is -0.331. The fourth-order valence-corrected chi connectivity index (χ4v) is 1.83. The Kier molecular flexibility index (Phi) is 5.92. The summed E-state index contributed by atoms with van der Waals surface area (Å²) >= 11 is 5.66. The van der Waals surface area contributed by atoms with E-state index in [0.29, 0.717) is 18.7 Å². The molecule has 5 heteroatoms. The minimum atomic E-state index is -0.443. The van der Waals surface area contributed by atoms with E-state index in [2.05, 4.69) is 5.32 Å². The van der Waals surface area contributed by atoms with Crippen LogP contribution in [0.4, 0.5) is 10.1 Å². The molecule has 1 aromatic carbocycles. The molecule has 0 saturated heterocycles. The summed E-state index contributed by atoms with van der Waals surface area (Å²) < 4.78 is 12.9. The third-order valence-electron chi connectivity index (χ3n) is 2.70. The zero-order valence-corrected chi connectivity index (χ0v) is 11.4. The lowest BCUT2D eigenvalue weighted by molar-refractivity contribution is -0.130. The maximum atomic E-state index is 12.9. The van der Waals surface area contributed by atoms with Crippen molar-refractivity contribution in [2.45, 2.75) is 20.3 Å². The smallest absolute Gasteiger partial charge is 0.224 e. The largest absolute Gasteiger partial charge is 0.384 e. The Hall–Kier alpha value is -1.29. The molecule has 0 aliphatic heterocycles. The van der Waals surface area contributed by atoms with Crippen LogP contribution in [0.5, 0.6) is 0 Å². The average Bonchev–Trinajstić information content (AvgIpc) is 2.35. The van der Waals surface area contributed by atoms with Crippen molar-refractivity contribution in [3.63, 3.8) is 0 Å². The van der Waals surface area contributed by atoms with E-state index in [-0.39, 0.29) is 10.9 Å². The third kappa shape index (κ3) is 4.18. The SMILES string of the molecule is CCN(CC)C(=O)CCNc1ccc(F)c(Cl)c1. The fourth-order valence-electron chi connectivity index (χ4n) is 1.65. The van der Waals surface area contributed by atoms with Crippen molar-refractivity contribution in [2.24, 2.45) is 0 Å². The summed E-state index contributed by atoms with van der Waals surface area (Å²) in [7, 11) is 0. The first-order valence-corrected chi connectivity index (χ1v) is 6.43. The molecule has 1 amide bonds. The van der Waals surface area contributed by atoms with Crippen molar-refractivity contribution in [2.75, 3.05) is 25.0 Å². The van der Waals surface area contributed by atoms with Gasteiger partial charge in [-0.3, -0.25) is 4.79 Å². The van der Waals surface area contributed by atoms with E-state index in [1.165, 1.54) is 12.1 Å². The predicted molar refractivity (Wildman–Crippen MR) is 72.4 cm³/mol. The second kappa shape index (κ2) is 7.21. The van der Waals surface area contributed by atoms with Gasteiger partial charge in [-0.15, -0.1) is 0 Å². The predicted octanol–water partition coefficient (Wildman–Crippen LogP) is 3.15. The third-order valence-corrected chi connectivity index (χ3v) is 2.99. The van der Waals surface area contributed by atoms with E-state index >= 15 is 0 Å². The highest BCUT2D eigenvalue weighted by Crippen LogP contribution is 2.19. The van der Waals surface area contributed by atoms with Gasteiger partial charge < -0.3 is 10.2 Å². The number of hydrogen-bond donors (Lipinski definition) is 1. The van der Waals surface area contributed by atoms with E-state index in [0.717, 1.165) is 13.1 Å². The highest BCUT2D eigenvalue weighted by Gasteiger charge is 2.08. The summed E-state index contributed by atoms with van der Waals surface area (Å²) in [5.41, 5.74) is 0.716. The number of hydrogen-bond acceptors (Lipinski definition) is 2. The summed E-state index contributed by atoms with van der Waals surface area (Å²) in [6.45, 7) is 5.86. The maximum Gasteiger partial charge on any atom is 0.224 e. The van der Waals surface area contributed by atoms with Crippen LogP contribution in [0.3, 0.4) is 0 Å². The van der Waals surface area contributed by atoms with Gasteiger partial charge in [0.1, 0.15) is 5.82 Å². The van der Waals surface area contributed by atoms with Gasteiger partial charge in [0, 0.05) is 31.7 Å². The highest BCUT2D eigenvalue weighted by molar-refractivity contribution is 6.31. The van der Waals surface area contributed by atoms with Crippen molar-refractivity contribution in [1.29, 1.82) is 0 Å². The second-order valence-corrected chi connectivity index (χ2v) is 4.28. The molecule has 1 N–H and O–H groups in total. The number of rotatable bonds is 6. The van der Waals surface area contributed by atoms with Gasteiger partial charge in [0.15, 0.2) is 0 Å². The number of carbonyl (C=O) groups is 1. The Balaban J connectivity index is 2.41. The van der Waals surface area contributed by atoms with Gasteiger partial charge in [-0.1, -0.05) is 11.6 Å². The molecule has 0 aromatic heterocycles. The van der Waals surface area contributed by atoms with Gasteiger partial charge in [-0.05, 0) is 32.0 Å². The van der Waals surface area contributed by atoms with Crippen molar-refractivity contribution in [1.82, 2.24) is 4.90 Å². The molecular formula is C13H18ClFN2O. The van der Waals surface area contributed by atoms with E-state index in [4.69, 9.17) is 11.6 Å². The Labute approximate surface area is 112 Å². The maximum absolute atomic E-state index is 12.9. The first-order valence-electron chi connectivity index (χ1n) is 6.05. The van der Waals surface area contributed by atoms with Crippen LogP contribution >= 0.6 is 11.6 Å². The minimum Gasteiger partial charge on any atom is -0.384 e. The van der Waals surface area contributed by atoms with E-state index < -0.39 is 5.82 Å². The van der Waals surface area contributed by atoms with Crippen molar-refractivity contribution in [3.8, 4) is 0 Å². The quantitative estimate of drug-likeness (QED) is 0.863. The molecule has 0 atom stereocenters. The summed E-state index contributed by atoms with van der Waals surface area (Å²) in [5, 5.41) is 3.13. The molecule has 3 nitrogen and oxygen atoms in total. The van der Waals surface area contributed by atoms with Crippen molar-refractivity contribution in [3.05, 3.63) is 29.0 Å². The van der Waals surface area contributed by atoms with Gasteiger partial charge in [0.05, 0.1) is 5.02 Å². The first-order chi connectivity index (χ1) is 8.58. The van der Waals surface area contributed by atoms with Gasteiger partial charge in [-0.2, -0.15) is 0 Å². The fraction of sp³-hybridized carbons (Fsp3) is 0.462. The molecule has 0 spiro atoms. The number of nitrogens with one attached hydrogen (secondary N) is 1. The molecule has 0 aliphatic rings. The van der Waals surface area contributed by atoms with Gasteiger partial charge >= 0.3 is 0 Å². The molecule has 0 unspecified atom stereocenters. The first kappa shape index (κ1) is 14.8.